The number of rotatable bonds is 4. The van der Waals surface area contributed by atoms with Crippen LogP contribution in [0.5, 0.6) is 0 Å². The maximum Gasteiger partial charge on any atom is 0.0959 e. The van der Waals surface area contributed by atoms with Gasteiger partial charge in [0.1, 0.15) is 0 Å². The van der Waals surface area contributed by atoms with Crippen LogP contribution in [0.3, 0.4) is 0 Å². The number of hydrogen-bond acceptors (Lipinski definition) is 3. The van der Waals surface area contributed by atoms with Crippen molar-refractivity contribution in [2.24, 2.45) is 0 Å². The quantitative estimate of drug-likeness (QED) is 0.834. The third-order valence-electron chi connectivity index (χ3n) is 2.39. The summed E-state index contributed by atoms with van der Waals surface area (Å²) in [5, 5.41) is 11.1. The Morgan fingerprint density at radius 3 is 2.50 bits per heavy atom. The maximum absolute atomic E-state index is 10.0. The summed E-state index contributed by atoms with van der Waals surface area (Å²) in [7, 11) is 0. The summed E-state index contributed by atoms with van der Waals surface area (Å²) in [6.07, 6.45) is 2.53. The van der Waals surface area contributed by atoms with Gasteiger partial charge < -0.3 is 5.11 Å². The van der Waals surface area contributed by atoms with Gasteiger partial charge in [-0.2, -0.15) is 0 Å². The Morgan fingerprint density at radius 2 is 2.07 bits per heavy atom. The molecule has 0 saturated carbocycles. The van der Waals surface area contributed by atoms with Crippen LogP contribution in [0.1, 0.15) is 42.3 Å². The van der Waals surface area contributed by atoms with Gasteiger partial charge in [-0.15, -0.1) is 11.3 Å². The second-order valence-electron chi connectivity index (χ2n) is 4.17. The van der Waals surface area contributed by atoms with E-state index < -0.39 is 5.60 Å². The van der Waals surface area contributed by atoms with Gasteiger partial charge in [0.25, 0.3) is 0 Å². The molecule has 1 unspecified atom stereocenters. The lowest BCUT2D eigenvalue weighted by Crippen LogP contribution is -2.26. The van der Waals surface area contributed by atoms with Gasteiger partial charge in [0, 0.05) is 11.3 Å². The third kappa shape index (κ3) is 3.07. The molecule has 1 N–H and O–H groups in total. The average Bonchev–Trinajstić information content (AvgIpc) is 2.29. The molecule has 1 aromatic heterocycles. The molecule has 0 spiro atoms. The summed E-state index contributed by atoms with van der Waals surface area (Å²) in [5.74, 6) is 0. The lowest BCUT2D eigenvalue weighted by molar-refractivity contribution is 0.0505. The van der Waals surface area contributed by atoms with E-state index in [1.54, 1.807) is 11.3 Å². The van der Waals surface area contributed by atoms with Crippen molar-refractivity contribution >= 4 is 11.3 Å². The van der Waals surface area contributed by atoms with Crippen molar-refractivity contribution in [3.05, 3.63) is 15.6 Å². The zero-order valence-electron chi connectivity index (χ0n) is 9.42. The van der Waals surface area contributed by atoms with E-state index >= 15 is 0 Å². The number of aromatic nitrogens is 1. The topological polar surface area (TPSA) is 33.1 Å². The van der Waals surface area contributed by atoms with E-state index in [4.69, 9.17) is 0 Å². The highest BCUT2D eigenvalue weighted by Crippen LogP contribution is 2.23. The van der Waals surface area contributed by atoms with E-state index in [0.29, 0.717) is 6.42 Å². The van der Waals surface area contributed by atoms with Gasteiger partial charge in [0.05, 0.1) is 16.3 Å². The minimum absolute atomic E-state index is 0.592. The molecule has 1 rings (SSSR count). The molecule has 1 atom stereocenters. The molecule has 0 amide bonds. The number of nitrogens with zero attached hydrogens (tertiary/aromatic N) is 1. The van der Waals surface area contributed by atoms with Crippen LogP contribution < -0.4 is 0 Å². The molecule has 0 aliphatic heterocycles. The molecule has 3 heteroatoms. The molecule has 1 heterocycles. The predicted octanol–water partition coefficient (Wildman–Crippen LogP) is 2.85. The molecule has 0 aliphatic rings. The van der Waals surface area contributed by atoms with Crippen LogP contribution in [0.4, 0.5) is 0 Å². The summed E-state index contributed by atoms with van der Waals surface area (Å²) in [4.78, 5) is 5.69. The van der Waals surface area contributed by atoms with Gasteiger partial charge in [0.15, 0.2) is 0 Å². The van der Waals surface area contributed by atoms with Gasteiger partial charge in [-0.1, -0.05) is 13.3 Å². The summed E-state index contributed by atoms with van der Waals surface area (Å²) >= 11 is 1.70. The molecule has 0 saturated heterocycles. The summed E-state index contributed by atoms with van der Waals surface area (Å²) in [6, 6.07) is 0. The lowest BCUT2D eigenvalue weighted by atomic mass is 9.97. The van der Waals surface area contributed by atoms with Gasteiger partial charge in [-0.3, -0.25) is 0 Å². The Labute approximate surface area is 90.0 Å². The van der Waals surface area contributed by atoms with Crippen molar-refractivity contribution in [3.63, 3.8) is 0 Å². The maximum atomic E-state index is 10.0. The van der Waals surface area contributed by atoms with Crippen LogP contribution in [-0.2, 0) is 6.42 Å². The number of hydrogen-bond donors (Lipinski definition) is 1. The van der Waals surface area contributed by atoms with E-state index in [0.717, 1.165) is 23.5 Å². The Morgan fingerprint density at radius 1 is 1.43 bits per heavy atom. The standard InChI is InChI=1S/C11H19NOS/c1-5-6-11(4,13)7-10-12-8(2)9(3)14-10/h13H,5-7H2,1-4H3. The second-order valence-corrected chi connectivity index (χ2v) is 5.46. The molecular formula is C11H19NOS. The van der Waals surface area contributed by atoms with Gasteiger partial charge in [-0.05, 0) is 27.2 Å². The number of aryl methyl sites for hydroxylation is 2. The van der Waals surface area contributed by atoms with E-state index in [1.165, 1.54) is 4.88 Å². The highest BCUT2D eigenvalue weighted by atomic mass is 32.1. The Hall–Kier alpha value is -0.410. The fourth-order valence-corrected chi connectivity index (χ4v) is 2.68. The molecule has 0 bridgehead atoms. The van der Waals surface area contributed by atoms with Crippen molar-refractivity contribution in [2.45, 2.75) is 52.6 Å². The number of aliphatic hydroxyl groups is 1. The Kier molecular flexibility index (Phi) is 3.67. The minimum atomic E-state index is -0.592. The molecule has 0 aromatic carbocycles. The predicted molar refractivity (Wildman–Crippen MR) is 60.8 cm³/mol. The second kappa shape index (κ2) is 4.41. The summed E-state index contributed by atoms with van der Waals surface area (Å²) < 4.78 is 0. The highest BCUT2D eigenvalue weighted by Gasteiger charge is 2.21. The molecule has 1 aromatic rings. The van der Waals surface area contributed by atoms with E-state index in [9.17, 15) is 5.11 Å². The molecular weight excluding hydrogens is 194 g/mol. The fourth-order valence-electron chi connectivity index (χ4n) is 1.57. The lowest BCUT2D eigenvalue weighted by Gasteiger charge is -2.20. The number of thiazole rings is 1. The van der Waals surface area contributed by atoms with Crippen LogP contribution in [0.15, 0.2) is 0 Å². The third-order valence-corrected chi connectivity index (χ3v) is 3.47. The minimum Gasteiger partial charge on any atom is -0.390 e. The molecule has 0 fully saturated rings. The fraction of sp³-hybridized carbons (Fsp3) is 0.727. The first-order chi connectivity index (χ1) is 6.44. The monoisotopic (exact) mass is 213 g/mol. The van der Waals surface area contributed by atoms with Gasteiger partial charge in [-0.25, -0.2) is 4.98 Å². The Bertz CT molecular complexity index is 285. The largest absolute Gasteiger partial charge is 0.390 e. The van der Waals surface area contributed by atoms with Crippen molar-refractivity contribution in [3.8, 4) is 0 Å². The molecule has 0 aliphatic carbocycles. The van der Waals surface area contributed by atoms with Crippen LogP contribution in [-0.4, -0.2) is 15.7 Å². The van der Waals surface area contributed by atoms with E-state index in [-0.39, 0.29) is 0 Å². The Balaban J connectivity index is 2.68. The first-order valence-corrected chi connectivity index (χ1v) is 5.91. The van der Waals surface area contributed by atoms with Crippen LogP contribution in [0.2, 0.25) is 0 Å². The first-order valence-electron chi connectivity index (χ1n) is 5.10. The molecule has 0 radical (unpaired) electrons. The van der Waals surface area contributed by atoms with Gasteiger partial charge >= 0.3 is 0 Å². The van der Waals surface area contributed by atoms with Gasteiger partial charge in [0.2, 0.25) is 0 Å². The first kappa shape index (κ1) is 11.7. The van der Waals surface area contributed by atoms with Crippen LogP contribution in [0, 0.1) is 13.8 Å². The van der Waals surface area contributed by atoms with Crippen molar-refractivity contribution in [1.29, 1.82) is 0 Å². The smallest absolute Gasteiger partial charge is 0.0959 e. The summed E-state index contributed by atoms with van der Waals surface area (Å²) in [6.45, 7) is 8.07. The van der Waals surface area contributed by atoms with Crippen LogP contribution in [0.25, 0.3) is 0 Å². The molecule has 80 valence electrons. The molecule has 2 nitrogen and oxygen atoms in total. The van der Waals surface area contributed by atoms with Crippen molar-refractivity contribution in [2.75, 3.05) is 0 Å². The SMILES string of the molecule is CCCC(C)(O)Cc1nc(C)c(C)s1. The zero-order valence-corrected chi connectivity index (χ0v) is 10.2. The highest BCUT2D eigenvalue weighted by molar-refractivity contribution is 7.11. The van der Waals surface area contributed by atoms with E-state index in [1.807, 2.05) is 13.8 Å². The van der Waals surface area contributed by atoms with Crippen molar-refractivity contribution in [1.82, 2.24) is 4.98 Å². The molecule has 14 heavy (non-hydrogen) atoms. The van der Waals surface area contributed by atoms with E-state index in [2.05, 4.69) is 18.8 Å². The summed E-state index contributed by atoms with van der Waals surface area (Å²) in [5.41, 5.74) is 0.503. The van der Waals surface area contributed by atoms with Crippen LogP contribution >= 0.6 is 11.3 Å². The zero-order chi connectivity index (χ0) is 10.8. The average molecular weight is 213 g/mol. The van der Waals surface area contributed by atoms with Crippen molar-refractivity contribution < 1.29 is 5.11 Å². The normalized spacial score (nSPS) is 15.5.